The quantitative estimate of drug-likeness (QED) is 0.306. The Kier molecular flexibility index (Phi) is 8.65. The van der Waals surface area contributed by atoms with Gasteiger partial charge in [0.05, 0.1) is 42.5 Å². The van der Waals surface area contributed by atoms with Gasteiger partial charge in [-0.3, -0.25) is 4.90 Å². The van der Waals surface area contributed by atoms with Crippen LogP contribution in [-0.2, 0) is 9.53 Å². The van der Waals surface area contributed by atoms with Crippen LogP contribution >= 0.6 is 0 Å². The van der Waals surface area contributed by atoms with E-state index in [4.69, 9.17) is 13.9 Å². The van der Waals surface area contributed by atoms with Crippen LogP contribution in [0.25, 0.3) is 5.57 Å². The van der Waals surface area contributed by atoms with E-state index in [0.29, 0.717) is 34.4 Å². The number of rotatable bonds is 9. The van der Waals surface area contributed by atoms with E-state index in [0.717, 1.165) is 49.9 Å². The van der Waals surface area contributed by atoms with Crippen molar-refractivity contribution in [2.24, 2.45) is 0 Å². The van der Waals surface area contributed by atoms with E-state index in [1.165, 1.54) is 6.39 Å². The molecule has 3 heterocycles. The smallest absolute Gasteiger partial charge is 0.336 e. The lowest BCUT2D eigenvalue weighted by Gasteiger charge is -2.36. The lowest BCUT2D eigenvalue weighted by molar-refractivity contribution is -0.139. The summed E-state index contributed by atoms with van der Waals surface area (Å²) in [4.78, 5) is 18.3. The Labute approximate surface area is 239 Å². The van der Waals surface area contributed by atoms with Gasteiger partial charge in [-0.1, -0.05) is 30.3 Å². The molecule has 5 rings (SSSR count). The van der Waals surface area contributed by atoms with Crippen LogP contribution in [0.15, 0.2) is 76.3 Å². The molecule has 1 saturated heterocycles. The Balaban J connectivity index is 1.23. The van der Waals surface area contributed by atoms with Crippen molar-refractivity contribution >= 4 is 17.2 Å². The van der Waals surface area contributed by atoms with Crippen LogP contribution in [0.3, 0.4) is 0 Å². The maximum absolute atomic E-state index is 13.6. The molecule has 1 N–H and O–H groups in total. The first kappa shape index (κ1) is 27.9. The second kappa shape index (κ2) is 12.7. The van der Waals surface area contributed by atoms with E-state index in [2.05, 4.69) is 37.4 Å². The van der Waals surface area contributed by atoms with Crippen LogP contribution in [-0.4, -0.2) is 67.5 Å². The van der Waals surface area contributed by atoms with Crippen molar-refractivity contribution in [2.45, 2.75) is 26.2 Å². The van der Waals surface area contributed by atoms with Crippen LogP contribution < -0.4 is 15.0 Å². The molecule has 2 aliphatic heterocycles. The summed E-state index contributed by atoms with van der Waals surface area (Å²) in [6.45, 7) is 8.50. The fourth-order valence-electron chi connectivity index (χ4n) is 5.63. The summed E-state index contributed by atoms with van der Waals surface area (Å²) in [6.07, 6.45) is 1.97. The van der Waals surface area contributed by atoms with E-state index >= 15 is 0 Å². The van der Waals surface area contributed by atoms with Gasteiger partial charge >= 0.3 is 5.97 Å². The number of para-hydroxylation sites is 2. The van der Waals surface area contributed by atoms with Crippen molar-refractivity contribution in [3.05, 3.63) is 88.9 Å². The van der Waals surface area contributed by atoms with Gasteiger partial charge in [0.15, 0.2) is 0 Å². The molecule has 0 saturated carbocycles. The van der Waals surface area contributed by atoms with Gasteiger partial charge in [0.1, 0.15) is 5.75 Å². The van der Waals surface area contributed by atoms with E-state index in [1.54, 1.807) is 19.2 Å². The molecule has 0 aliphatic carbocycles. The third-order valence-corrected chi connectivity index (χ3v) is 7.61. The number of piperazine rings is 1. The summed E-state index contributed by atoms with van der Waals surface area (Å²) in [7, 11) is 1.70. The van der Waals surface area contributed by atoms with Crippen molar-refractivity contribution in [2.75, 3.05) is 51.3 Å². The normalized spacial score (nSPS) is 17.7. The largest absolute Gasteiger partial charge is 0.495 e. The maximum Gasteiger partial charge on any atom is 0.336 e. The maximum atomic E-state index is 13.6. The van der Waals surface area contributed by atoms with Gasteiger partial charge in [-0.25, -0.2) is 4.79 Å². The molecule has 1 fully saturated rings. The number of carbonyl (C=O) groups is 1. The lowest BCUT2D eigenvalue weighted by Crippen LogP contribution is -2.46. The fourth-order valence-corrected chi connectivity index (χ4v) is 5.63. The van der Waals surface area contributed by atoms with E-state index in [-0.39, 0.29) is 12.5 Å². The Morgan fingerprint density at radius 1 is 1.10 bits per heavy atom. The summed E-state index contributed by atoms with van der Waals surface area (Å²) in [5.74, 6) is 0.150. The number of aromatic nitrogens is 2. The zero-order chi connectivity index (χ0) is 28.8. The van der Waals surface area contributed by atoms with Crippen LogP contribution in [0, 0.1) is 11.3 Å². The standard InChI is InChI=1S/C31H34N6O4/c1-21-27(30-35-33-20-41-30)29(24-10-5-4-9-23(24)19-32)28(22(2)34-21)31(38)40-18-8-13-36-14-16-37(17-15-36)25-11-6-7-12-26(25)39-3/h4-7,9-12,20,29,34H,8,13-18H2,1-3H3. The van der Waals surface area contributed by atoms with E-state index in [1.807, 2.05) is 44.2 Å². The molecule has 3 aromatic rings. The molecule has 0 radical (unpaired) electrons. The van der Waals surface area contributed by atoms with Crippen LogP contribution in [0.2, 0.25) is 0 Å². The molecule has 1 aromatic heterocycles. The van der Waals surface area contributed by atoms with E-state index < -0.39 is 11.9 Å². The first-order chi connectivity index (χ1) is 20.0. The Bertz CT molecular complexity index is 1480. The van der Waals surface area contributed by atoms with Gasteiger partial charge in [-0.15, -0.1) is 10.2 Å². The van der Waals surface area contributed by atoms with Crippen molar-refractivity contribution in [3.8, 4) is 11.8 Å². The number of carbonyl (C=O) groups excluding carboxylic acids is 1. The molecule has 0 bridgehead atoms. The molecule has 2 aromatic carbocycles. The highest BCUT2D eigenvalue weighted by atomic mass is 16.5. The molecule has 41 heavy (non-hydrogen) atoms. The molecule has 10 nitrogen and oxygen atoms in total. The Morgan fingerprint density at radius 3 is 2.59 bits per heavy atom. The molecule has 10 heteroatoms. The van der Waals surface area contributed by atoms with Crippen LogP contribution in [0.5, 0.6) is 5.75 Å². The second-order valence-electron chi connectivity index (χ2n) is 10.1. The predicted octanol–water partition coefficient (Wildman–Crippen LogP) is 4.10. The van der Waals surface area contributed by atoms with Crippen LogP contribution in [0.4, 0.5) is 5.69 Å². The van der Waals surface area contributed by atoms with Crippen molar-refractivity contribution in [1.82, 2.24) is 20.4 Å². The number of esters is 1. The number of hydrogen-bond donors (Lipinski definition) is 1. The number of nitriles is 1. The third kappa shape index (κ3) is 5.95. The molecule has 212 valence electrons. The van der Waals surface area contributed by atoms with Crippen molar-refractivity contribution in [3.63, 3.8) is 0 Å². The number of benzene rings is 2. The SMILES string of the molecule is COc1ccccc1N1CCN(CCCOC(=O)C2=C(C)NC(C)=C(c3nnco3)C2c2ccccc2C#N)CC1. The fraction of sp³-hybridized carbons (Fsp3) is 0.355. The van der Waals surface area contributed by atoms with Gasteiger partial charge in [0, 0.05) is 49.7 Å². The van der Waals surface area contributed by atoms with Gasteiger partial charge < -0.3 is 24.1 Å². The molecule has 0 amide bonds. The average Bonchev–Trinajstić information content (AvgIpc) is 3.53. The highest BCUT2D eigenvalue weighted by molar-refractivity contribution is 5.97. The predicted molar refractivity (Wildman–Crippen MR) is 154 cm³/mol. The number of ether oxygens (including phenoxy) is 2. The number of nitrogens with zero attached hydrogens (tertiary/aromatic N) is 5. The summed E-state index contributed by atoms with van der Waals surface area (Å²) in [6, 6.07) is 17.6. The summed E-state index contributed by atoms with van der Waals surface area (Å²) in [5, 5.41) is 21.1. The molecular weight excluding hydrogens is 520 g/mol. The number of dihydropyridines is 1. The molecule has 1 unspecified atom stereocenters. The third-order valence-electron chi connectivity index (χ3n) is 7.61. The first-order valence-electron chi connectivity index (χ1n) is 13.7. The number of hydrogen-bond acceptors (Lipinski definition) is 10. The summed E-state index contributed by atoms with van der Waals surface area (Å²) in [5.41, 5.74) is 4.78. The Morgan fingerprint density at radius 2 is 1.85 bits per heavy atom. The molecular formula is C31H34N6O4. The highest BCUT2D eigenvalue weighted by Gasteiger charge is 2.38. The van der Waals surface area contributed by atoms with Crippen molar-refractivity contribution < 1.29 is 18.7 Å². The number of allylic oxidation sites excluding steroid dienone is 3. The number of methoxy groups -OCH3 is 1. The monoisotopic (exact) mass is 554 g/mol. The molecule has 2 aliphatic rings. The van der Waals surface area contributed by atoms with Crippen LogP contribution in [0.1, 0.15) is 43.2 Å². The Hall–Kier alpha value is -4.62. The van der Waals surface area contributed by atoms with Gasteiger partial charge in [-0.2, -0.15) is 5.26 Å². The van der Waals surface area contributed by atoms with Gasteiger partial charge in [-0.05, 0) is 44.0 Å². The molecule has 0 spiro atoms. The second-order valence-corrected chi connectivity index (χ2v) is 10.1. The number of nitrogens with one attached hydrogen (secondary N) is 1. The average molecular weight is 555 g/mol. The zero-order valence-corrected chi connectivity index (χ0v) is 23.6. The minimum absolute atomic E-state index is 0.285. The highest BCUT2D eigenvalue weighted by Crippen LogP contribution is 2.44. The van der Waals surface area contributed by atoms with E-state index in [9.17, 15) is 10.1 Å². The van der Waals surface area contributed by atoms with Gasteiger partial charge in [0.2, 0.25) is 12.3 Å². The first-order valence-corrected chi connectivity index (χ1v) is 13.7. The number of anilines is 1. The minimum atomic E-state index is -0.594. The zero-order valence-electron chi connectivity index (χ0n) is 23.6. The van der Waals surface area contributed by atoms with Gasteiger partial charge in [0.25, 0.3) is 0 Å². The minimum Gasteiger partial charge on any atom is -0.495 e. The summed E-state index contributed by atoms with van der Waals surface area (Å²) < 4.78 is 16.9. The van der Waals surface area contributed by atoms with Crippen molar-refractivity contribution in [1.29, 1.82) is 5.26 Å². The summed E-state index contributed by atoms with van der Waals surface area (Å²) >= 11 is 0. The topological polar surface area (TPSA) is 117 Å². The molecule has 1 atom stereocenters. The lowest BCUT2D eigenvalue weighted by atomic mass is 9.78.